The van der Waals surface area contributed by atoms with E-state index in [1.54, 1.807) is 37.4 Å². The molecule has 3 rings (SSSR count). The second-order valence-corrected chi connectivity index (χ2v) is 7.76. The fourth-order valence-electron chi connectivity index (χ4n) is 2.67. The largest absolute Gasteiger partial charge is 0.493 e. The van der Waals surface area contributed by atoms with E-state index in [0.717, 1.165) is 15.6 Å². The summed E-state index contributed by atoms with van der Waals surface area (Å²) in [5.74, 6) is -0.577. The van der Waals surface area contributed by atoms with Gasteiger partial charge in [-0.2, -0.15) is 5.10 Å². The van der Waals surface area contributed by atoms with Gasteiger partial charge < -0.3 is 14.8 Å². The molecule has 0 bridgehead atoms. The van der Waals surface area contributed by atoms with E-state index in [4.69, 9.17) is 9.47 Å². The number of carbonyl (C=O) groups is 2. The highest BCUT2D eigenvalue weighted by Gasteiger charge is 2.12. The van der Waals surface area contributed by atoms with E-state index in [-0.39, 0.29) is 0 Å². The first-order chi connectivity index (χ1) is 15.4. The van der Waals surface area contributed by atoms with Gasteiger partial charge in [0.2, 0.25) is 0 Å². The zero-order valence-corrected chi connectivity index (χ0v) is 19.2. The minimum atomic E-state index is -0.872. The summed E-state index contributed by atoms with van der Waals surface area (Å²) in [6, 6.07) is 20.2. The van der Waals surface area contributed by atoms with Gasteiger partial charge in [-0.1, -0.05) is 45.8 Å². The van der Waals surface area contributed by atoms with Crippen LogP contribution in [0, 0.1) is 6.92 Å². The van der Waals surface area contributed by atoms with E-state index in [2.05, 4.69) is 31.8 Å². The Hall–Kier alpha value is -3.65. The van der Waals surface area contributed by atoms with Crippen molar-refractivity contribution in [1.29, 1.82) is 0 Å². The molecule has 0 fully saturated rings. The third-order valence-electron chi connectivity index (χ3n) is 4.39. The van der Waals surface area contributed by atoms with E-state index in [0.29, 0.717) is 29.4 Å². The van der Waals surface area contributed by atoms with Gasteiger partial charge in [0.25, 0.3) is 0 Å². The summed E-state index contributed by atoms with van der Waals surface area (Å²) in [6.45, 7) is 2.33. The first-order valence-corrected chi connectivity index (χ1v) is 10.5. The van der Waals surface area contributed by atoms with E-state index in [1.165, 1.54) is 6.21 Å². The lowest BCUT2D eigenvalue weighted by Gasteiger charge is -2.11. The number of methoxy groups -OCH3 is 1. The number of nitrogens with one attached hydrogen (secondary N) is 2. The van der Waals surface area contributed by atoms with Crippen LogP contribution in [-0.4, -0.2) is 25.1 Å². The van der Waals surface area contributed by atoms with Crippen LogP contribution in [0.5, 0.6) is 11.5 Å². The van der Waals surface area contributed by atoms with Crippen LogP contribution in [0.25, 0.3) is 0 Å². The van der Waals surface area contributed by atoms with Crippen molar-refractivity contribution < 1.29 is 19.1 Å². The predicted octanol–water partition coefficient (Wildman–Crippen LogP) is 4.43. The molecule has 0 aromatic heterocycles. The SMILES string of the molecule is COc1cc(/C=N\NC(=O)C(=O)Nc2ccc(C)cc2)ccc1OCc1ccc(Br)cc1. The Balaban J connectivity index is 1.55. The van der Waals surface area contributed by atoms with Crippen molar-refractivity contribution >= 4 is 39.6 Å². The molecule has 0 heterocycles. The Morgan fingerprint density at radius 2 is 1.69 bits per heavy atom. The lowest BCUT2D eigenvalue weighted by molar-refractivity contribution is -0.136. The van der Waals surface area contributed by atoms with Crippen LogP contribution in [-0.2, 0) is 16.2 Å². The van der Waals surface area contributed by atoms with Crippen molar-refractivity contribution in [2.24, 2.45) is 5.10 Å². The van der Waals surface area contributed by atoms with Gasteiger partial charge in [0.05, 0.1) is 13.3 Å². The van der Waals surface area contributed by atoms with Crippen molar-refractivity contribution in [1.82, 2.24) is 5.43 Å². The second kappa shape index (κ2) is 11.1. The van der Waals surface area contributed by atoms with Gasteiger partial charge in [0.15, 0.2) is 11.5 Å². The molecule has 0 radical (unpaired) electrons. The third-order valence-corrected chi connectivity index (χ3v) is 4.92. The van der Waals surface area contributed by atoms with Gasteiger partial charge in [0, 0.05) is 10.2 Å². The zero-order chi connectivity index (χ0) is 22.9. The number of hydrogen-bond acceptors (Lipinski definition) is 5. The minimum absolute atomic E-state index is 0.392. The van der Waals surface area contributed by atoms with Crippen molar-refractivity contribution in [3.8, 4) is 11.5 Å². The monoisotopic (exact) mass is 495 g/mol. The highest BCUT2D eigenvalue weighted by molar-refractivity contribution is 9.10. The average molecular weight is 496 g/mol. The number of rotatable bonds is 7. The summed E-state index contributed by atoms with van der Waals surface area (Å²) in [5.41, 5.74) is 5.48. The van der Waals surface area contributed by atoms with Crippen LogP contribution >= 0.6 is 15.9 Å². The molecule has 2 amide bonds. The molecule has 0 aliphatic carbocycles. The number of hydrogen-bond donors (Lipinski definition) is 2. The number of halogens is 1. The van der Waals surface area contributed by atoms with Crippen molar-refractivity contribution in [3.63, 3.8) is 0 Å². The maximum atomic E-state index is 12.0. The Bertz CT molecular complexity index is 1110. The summed E-state index contributed by atoms with van der Waals surface area (Å²) >= 11 is 3.41. The fraction of sp³-hybridized carbons (Fsp3) is 0.125. The molecule has 8 heteroatoms. The van der Waals surface area contributed by atoms with Gasteiger partial charge in [-0.05, 0) is 60.5 Å². The molecule has 0 unspecified atom stereocenters. The van der Waals surface area contributed by atoms with Crippen LogP contribution < -0.4 is 20.2 Å². The second-order valence-electron chi connectivity index (χ2n) is 6.84. The standard InChI is InChI=1S/C24H22BrN3O4/c1-16-3-10-20(11-4-16)27-23(29)24(30)28-26-14-18-7-12-21(22(13-18)31-2)32-15-17-5-8-19(25)9-6-17/h3-14H,15H2,1-2H3,(H,27,29)(H,28,30)/b26-14-. The number of benzene rings is 3. The number of carbonyl (C=O) groups excluding carboxylic acids is 2. The molecule has 3 aromatic rings. The Labute approximate surface area is 194 Å². The molecule has 0 saturated carbocycles. The van der Waals surface area contributed by atoms with Gasteiger partial charge in [0.1, 0.15) is 6.61 Å². The maximum Gasteiger partial charge on any atom is 0.329 e. The van der Waals surface area contributed by atoms with E-state index in [1.807, 2.05) is 43.3 Å². The Kier molecular flexibility index (Phi) is 7.99. The molecule has 164 valence electrons. The summed E-state index contributed by atoms with van der Waals surface area (Å²) < 4.78 is 12.2. The molecule has 0 aliphatic rings. The molecular formula is C24H22BrN3O4. The highest BCUT2D eigenvalue weighted by atomic mass is 79.9. The molecule has 2 N–H and O–H groups in total. The normalized spacial score (nSPS) is 10.6. The molecule has 0 spiro atoms. The smallest absolute Gasteiger partial charge is 0.329 e. The molecular weight excluding hydrogens is 474 g/mol. The number of hydrazone groups is 1. The Morgan fingerprint density at radius 1 is 0.969 bits per heavy atom. The fourth-order valence-corrected chi connectivity index (χ4v) is 2.93. The topological polar surface area (TPSA) is 89.0 Å². The summed E-state index contributed by atoms with van der Waals surface area (Å²) in [7, 11) is 1.54. The van der Waals surface area contributed by atoms with Crippen molar-refractivity contribution in [2.45, 2.75) is 13.5 Å². The Morgan fingerprint density at radius 3 is 2.38 bits per heavy atom. The van der Waals surface area contributed by atoms with Crippen LogP contribution in [0.3, 0.4) is 0 Å². The molecule has 0 atom stereocenters. The summed E-state index contributed by atoms with van der Waals surface area (Å²) in [6.07, 6.45) is 1.41. The zero-order valence-electron chi connectivity index (χ0n) is 17.6. The quantitative estimate of drug-likeness (QED) is 0.288. The van der Waals surface area contributed by atoms with Crippen LogP contribution in [0.15, 0.2) is 76.3 Å². The number of nitrogens with zero attached hydrogens (tertiary/aromatic N) is 1. The lowest BCUT2D eigenvalue weighted by atomic mass is 10.2. The van der Waals surface area contributed by atoms with Gasteiger partial charge in [-0.25, -0.2) is 5.43 Å². The van der Waals surface area contributed by atoms with Crippen LogP contribution in [0.4, 0.5) is 5.69 Å². The first-order valence-electron chi connectivity index (χ1n) is 9.71. The minimum Gasteiger partial charge on any atom is -0.493 e. The molecule has 0 saturated heterocycles. The number of amides is 2. The lowest BCUT2D eigenvalue weighted by Crippen LogP contribution is -2.32. The van der Waals surface area contributed by atoms with E-state index in [9.17, 15) is 9.59 Å². The third kappa shape index (κ3) is 6.68. The van der Waals surface area contributed by atoms with Crippen molar-refractivity contribution in [3.05, 3.63) is 87.9 Å². The predicted molar refractivity (Wildman–Crippen MR) is 127 cm³/mol. The number of anilines is 1. The van der Waals surface area contributed by atoms with E-state index >= 15 is 0 Å². The van der Waals surface area contributed by atoms with Gasteiger partial charge in [-0.3, -0.25) is 9.59 Å². The first kappa shape index (κ1) is 23.0. The van der Waals surface area contributed by atoms with Crippen molar-refractivity contribution in [2.75, 3.05) is 12.4 Å². The number of ether oxygens (including phenoxy) is 2. The summed E-state index contributed by atoms with van der Waals surface area (Å²) in [5, 5.41) is 6.35. The van der Waals surface area contributed by atoms with Gasteiger partial charge in [-0.15, -0.1) is 0 Å². The average Bonchev–Trinajstić information content (AvgIpc) is 2.80. The molecule has 0 aliphatic heterocycles. The number of aryl methyl sites for hydroxylation is 1. The highest BCUT2D eigenvalue weighted by Crippen LogP contribution is 2.28. The van der Waals surface area contributed by atoms with Gasteiger partial charge >= 0.3 is 11.8 Å². The van der Waals surface area contributed by atoms with E-state index < -0.39 is 11.8 Å². The molecule has 32 heavy (non-hydrogen) atoms. The van der Waals surface area contributed by atoms with Crippen LogP contribution in [0.1, 0.15) is 16.7 Å². The van der Waals surface area contributed by atoms with Crippen LogP contribution in [0.2, 0.25) is 0 Å². The molecule has 3 aromatic carbocycles. The molecule has 7 nitrogen and oxygen atoms in total. The summed E-state index contributed by atoms with van der Waals surface area (Å²) in [4.78, 5) is 23.9. The maximum absolute atomic E-state index is 12.0.